The van der Waals surface area contributed by atoms with Crippen molar-refractivity contribution in [1.82, 2.24) is 0 Å². The quantitative estimate of drug-likeness (QED) is 0.291. The lowest BCUT2D eigenvalue weighted by atomic mass is 10.2. The Morgan fingerprint density at radius 3 is 2.06 bits per heavy atom. The van der Waals surface area contributed by atoms with Crippen LogP contribution in [0.25, 0.3) is 0 Å². The Hall–Kier alpha value is -4.33. The van der Waals surface area contributed by atoms with Gasteiger partial charge in [-0.3, -0.25) is 14.4 Å². The molecule has 0 atom stereocenters. The number of para-hydroxylation sites is 1. The molecule has 0 radical (unpaired) electrons. The number of ether oxygens (including phenoxy) is 3. The maximum Gasteiger partial charge on any atom is 0.306 e. The van der Waals surface area contributed by atoms with Crippen LogP contribution in [0.1, 0.15) is 30.1 Å². The molecule has 3 aromatic rings. The molecule has 0 saturated heterocycles. The van der Waals surface area contributed by atoms with Gasteiger partial charge in [0, 0.05) is 23.4 Å². The number of hydrogen-bond acceptors (Lipinski definition) is 6. The maximum atomic E-state index is 12.4. The van der Waals surface area contributed by atoms with Crippen molar-refractivity contribution in [2.45, 2.75) is 19.8 Å². The molecule has 0 bridgehead atoms. The zero-order valence-electron chi connectivity index (χ0n) is 19.5. The van der Waals surface area contributed by atoms with E-state index in [2.05, 4.69) is 10.6 Å². The lowest BCUT2D eigenvalue weighted by Gasteiger charge is -2.09. The fourth-order valence-electron chi connectivity index (χ4n) is 3.05. The van der Waals surface area contributed by atoms with Crippen molar-refractivity contribution >= 4 is 29.2 Å². The second-order valence-corrected chi connectivity index (χ2v) is 7.46. The summed E-state index contributed by atoms with van der Waals surface area (Å²) in [6.45, 7) is 2.46. The monoisotopic (exact) mass is 476 g/mol. The second-order valence-electron chi connectivity index (χ2n) is 7.46. The third-order valence-electron chi connectivity index (χ3n) is 4.76. The Labute approximate surface area is 204 Å². The van der Waals surface area contributed by atoms with Crippen LogP contribution in [0.5, 0.6) is 11.5 Å². The van der Waals surface area contributed by atoms with Crippen molar-refractivity contribution in [2.75, 3.05) is 30.5 Å². The molecule has 0 aliphatic rings. The molecule has 0 heterocycles. The number of hydrogen-bond donors (Lipinski definition) is 2. The smallest absolute Gasteiger partial charge is 0.306 e. The molecule has 0 aliphatic heterocycles. The van der Waals surface area contributed by atoms with Gasteiger partial charge in [-0.05, 0) is 74.0 Å². The van der Waals surface area contributed by atoms with Crippen LogP contribution >= 0.6 is 0 Å². The summed E-state index contributed by atoms with van der Waals surface area (Å²) >= 11 is 0. The van der Waals surface area contributed by atoms with Crippen LogP contribution in [0, 0.1) is 0 Å². The van der Waals surface area contributed by atoms with Crippen LogP contribution in [0.3, 0.4) is 0 Å². The van der Waals surface area contributed by atoms with E-state index in [1.807, 2.05) is 37.3 Å². The minimum atomic E-state index is -0.474. The Morgan fingerprint density at radius 2 is 1.37 bits per heavy atom. The van der Waals surface area contributed by atoms with Crippen LogP contribution in [0.15, 0.2) is 78.9 Å². The zero-order valence-corrected chi connectivity index (χ0v) is 19.5. The van der Waals surface area contributed by atoms with Crippen LogP contribution < -0.4 is 20.1 Å². The van der Waals surface area contributed by atoms with E-state index in [1.165, 1.54) is 0 Å². The van der Waals surface area contributed by atoms with E-state index in [-0.39, 0.29) is 12.3 Å². The Morgan fingerprint density at radius 1 is 0.743 bits per heavy atom. The normalized spacial score (nSPS) is 10.2. The number of benzene rings is 3. The Kier molecular flexibility index (Phi) is 9.68. The van der Waals surface area contributed by atoms with E-state index in [1.54, 1.807) is 48.5 Å². The molecule has 0 spiro atoms. The minimum Gasteiger partial charge on any atom is -0.494 e. The topological polar surface area (TPSA) is 103 Å². The average Bonchev–Trinajstić information content (AvgIpc) is 2.88. The summed E-state index contributed by atoms with van der Waals surface area (Å²) in [5.74, 6) is 0.245. The first-order valence-corrected chi connectivity index (χ1v) is 11.3. The third-order valence-corrected chi connectivity index (χ3v) is 4.76. The first-order valence-electron chi connectivity index (χ1n) is 11.3. The number of nitrogens with one attached hydrogen (secondary N) is 2. The van der Waals surface area contributed by atoms with E-state index < -0.39 is 18.5 Å². The van der Waals surface area contributed by atoms with E-state index in [0.717, 1.165) is 11.5 Å². The lowest BCUT2D eigenvalue weighted by Crippen LogP contribution is -2.21. The van der Waals surface area contributed by atoms with Crippen molar-refractivity contribution < 1.29 is 28.6 Å². The summed E-state index contributed by atoms with van der Waals surface area (Å²) in [7, 11) is 0. The van der Waals surface area contributed by atoms with Crippen LogP contribution in [0.2, 0.25) is 0 Å². The molecule has 8 heteroatoms. The molecular formula is C27H28N2O6. The molecule has 0 aromatic heterocycles. The molecule has 0 saturated carbocycles. The highest BCUT2D eigenvalue weighted by Crippen LogP contribution is 2.17. The van der Waals surface area contributed by atoms with Gasteiger partial charge in [0.2, 0.25) is 0 Å². The van der Waals surface area contributed by atoms with Gasteiger partial charge in [0.15, 0.2) is 6.61 Å². The molecule has 0 unspecified atom stereocenters. The first-order chi connectivity index (χ1) is 17.0. The number of esters is 1. The summed E-state index contributed by atoms with van der Waals surface area (Å²) < 4.78 is 15.9. The highest BCUT2D eigenvalue weighted by molar-refractivity contribution is 6.04. The number of rotatable bonds is 12. The van der Waals surface area contributed by atoms with Crippen LogP contribution in [0.4, 0.5) is 11.4 Å². The van der Waals surface area contributed by atoms with E-state index in [0.29, 0.717) is 36.6 Å². The molecule has 8 nitrogen and oxygen atoms in total. The van der Waals surface area contributed by atoms with Gasteiger partial charge >= 0.3 is 5.97 Å². The van der Waals surface area contributed by atoms with E-state index in [9.17, 15) is 14.4 Å². The molecule has 182 valence electrons. The SMILES string of the molecule is CCOc1ccc(NC(=O)c2ccc(NC(=O)COC(=O)CCCOc3ccccc3)cc2)cc1. The predicted molar refractivity (Wildman–Crippen MR) is 133 cm³/mol. The third kappa shape index (κ3) is 8.85. The average molecular weight is 477 g/mol. The van der Waals surface area contributed by atoms with E-state index >= 15 is 0 Å². The lowest BCUT2D eigenvalue weighted by molar-refractivity contribution is -0.147. The van der Waals surface area contributed by atoms with Gasteiger partial charge in [0.05, 0.1) is 13.2 Å². The van der Waals surface area contributed by atoms with Gasteiger partial charge < -0.3 is 24.8 Å². The molecule has 2 N–H and O–H groups in total. The van der Waals surface area contributed by atoms with Gasteiger partial charge in [-0.25, -0.2) is 0 Å². The number of carbonyl (C=O) groups excluding carboxylic acids is 3. The summed E-state index contributed by atoms with van der Waals surface area (Å²) in [6.07, 6.45) is 0.633. The minimum absolute atomic E-state index is 0.151. The van der Waals surface area contributed by atoms with Crippen LogP contribution in [-0.4, -0.2) is 37.6 Å². The number of anilines is 2. The zero-order chi connectivity index (χ0) is 24.9. The molecular weight excluding hydrogens is 448 g/mol. The van der Waals surface area contributed by atoms with Gasteiger partial charge in [-0.15, -0.1) is 0 Å². The number of amides is 2. The highest BCUT2D eigenvalue weighted by atomic mass is 16.5. The van der Waals surface area contributed by atoms with Gasteiger partial charge in [0.1, 0.15) is 11.5 Å². The fraction of sp³-hybridized carbons (Fsp3) is 0.222. The van der Waals surface area contributed by atoms with Gasteiger partial charge in [0.25, 0.3) is 11.8 Å². The molecule has 3 aromatic carbocycles. The number of carbonyl (C=O) groups is 3. The largest absolute Gasteiger partial charge is 0.494 e. The molecule has 0 fully saturated rings. The summed E-state index contributed by atoms with van der Waals surface area (Å²) in [5, 5.41) is 5.44. The maximum absolute atomic E-state index is 12.4. The Balaban J connectivity index is 1.35. The molecule has 2 amide bonds. The molecule has 0 aliphatic carbocycles. The van der Waals surface area contributed by atoms with E-state index in [4.69, 9.17) is 14.2 Å². The predicted octanol–water partition coefficient (Wildman–Crippen LogP) is 4.68. The highest BCUT2D eigenvalue weighted by Gasteiger charge is 2.10. The van der Waals surface area contributed by atoms with Crippen molar-refractivity contribution in [3.05, 3.63) is 84.4 Å². The standard InChI is InChI=1S/C27H28N2O6/c1-2-33-24-16-14-22(15-17-24)29-27(32)20-10-12-21(13-11-20)28-25(30)19-35-26(31)9-6-18-34-23-7-4-3-5-8-23/h3-5,7-8,10-17H,2,6,9,18-19H2,1H3,(H,28,30)(H,29,32). The second kappa shape index (κ2) is 13.4. The fourth-order valence-corrected chi connectivity index (χ4v) is 3.05. The van der Waals surface area contributed by atoms with Crippen molar-refractivity contribution in [3.63, 3.8) is 0 Å². The van der Waals surface area contributed by atoms with Crippen molar-refractivity contribution in [1.29, 1.82) is 0 Å². The van der Waals surface area contributed by atoms with Gasteiger partial charge in [-0.1, -0.05) is 18.2 Å². The van der Waals surface area contributed by atoms with Gasteiger partial charge in [-0.2, -0.15) is 0 Å². The molecule has 3 rings (SSSR count). The first kappa shape index (κ1) is 25.3. The van der Waals surface area contributed by atoms with Crippen molar-refractivity contribution in [3.8, 4) is 11.5 Å². The summed E-state index contributed by atoms with van der Waals surface area (Å²) in [5.41, 5.74) is 1.56. The summed E-state index contributed by atoms with van der Waals surface area (Å²) in [4.78, 5) is 36.3. The summed E-state index contributed by atoms with van der Waals surface area (Å²) in [6, 6.07) is 22.8. The van der Waals surface area contributed by atoms with Crippen molar-refractivity contribution in [2.24, 2.45) is 0 Å². The Bertz CT molecular complexity index is 1100. The molecule has 35 heavy (non-hydrogen) atoms. The van der Waals surface area contributed by atoms with Crippen LogP contribution in [-0.2, 0) is 14.3 Å².